The molecule has 3 N–H and O–H groups in total. The Kier molecular flexibility index (Phi) is 3.85. The molecule has 2 heterocycles. The first-order chi connectivity index (χ1) is 9.68. The standard InChI is InChI=1S/C16H24N2O2/c1-11-14(19)7-6-12-15(13(17)10-20-16(11)12)18-8-4-2-3-5-9-18/h6-7,13,15,19H,2-5,8-10,17H2,1H3. The fourth-order valence-corrected chi connectivity index (χ4v) is 3.47. The lowest BCUT2D eigenvalue weighted by Crippen LogP contribution is -2.47. The summed E-state index contributed by atoms with van der Waals surface area (Å²) in [5, 5.41) is 9.86. The molecule has 0 radical (unpaired) electrons. The molecular weight excluding hydrogens is 252 g/mol. The molecule has 1 saturated heterocycles. The minimum Gasteiger partial charge on any atom is -0.508 e. The van der Waals surface area contributed by atoms with Crippen LogP contribution in [0.4, 0.5) is 0 Å². The van der Waals surface area contributed by atoms with E-state index in [2.05, 4.69) is 4.90 Å². The molecule has 0 aliphatic carbocycles. The minimum atomic E-state index is 0.00421. The number of aromatic hydroxyl groups is 1. The van der Waals surface area contributed by atoms with E-state index in [4.69, 9.17) is 10.5 Å². The topological polar surface area (TPSA) is 58.7 Å². The third kappa shape index (κ3) is 2.38. The second kappa shape index (κ2) is 5.62. The first-order valence-corrected chi connectivity index (χ1v) is 7.63. The summed E-state index contributed by atoms with van der Waals surface area (Å²) in [6.07, 6.45) is 5.12. The van der Waals surface area contributed by atoms with Gasteiger partial charge in [-0.1, -0.05) is 12.8 Å². The van der Waals surface area contributed by atoms with E-state index >= 15 is 0 Å². The lowest BCUT2D eigenvalue weighted by molar-refractivity contribution is 0.121. The third-order valence-electron chi connectivity index (χ3n) is 4.59. The van der Waals surface area contributed by atoms with Gasteiger partial charge in [-0.2, -0.15) is 0 Å². The largest absolute Gasteiger partial charge is 0.508 e. The molecule has 1 aromatic carbocycles. The van der Waals surface area contributed by atoms with E-state index in [1.807, 2.05) is 13.0 Å². The van der Waals surface area contributed by atoms with E-state index in [9.17, 15) is 5.11 Å². The zero-order chi connectivity index (χ0) is 14.1. The maximum Gasteiger partial charge on any atom is 0.130 e. The Morgan fingerprint density at radius 2 is 1.90 bits per heavy atom. The highest BCUT2D eigenvalue weighted by atomic mass is 16.5. The number of hydrogen-bond donors (Lipinski definition) is 2. The van der Waals surface area contributed by atoms with Crippen molar-refractivity contribution < 1.29 is 9.84 Å². The fourth-order valence-electron chi connectivity index (χ4n) is 3.47. The monoisotopic (exact) mass is 276 g/mol. The highest BCUT2D eigenvalue weighted by molar-refractivity contribution is 5.51. The molecule has 2 aliphatic heterocycles. The first-order valence-electron chi connectivity index (χ1n) is 7.63. The molecular formula is C16H24N2O2. The Balaban J connectivity index is 1.96. The summed E-state index contributed by atoms with van der Waals surface area (Å²) in [6, 6.07) is 3.97. The Hall–Kier alpha value is -1.26. The second-order valence-corrected chi connectivity index (χ2v) is 6.00. The summed E-state index contributed by atoms with van der Waals surface area (Å²) in [5.74, 6) is 1.13. The van der Waals surface area contributed by atoms with Crippen LogP contribution in [-0.4, -0.2) is 35.7 Å². The third-order valence-corrected chi connectivity index (χ3v) is 4.59. The van der Waals surface area contributed by atoms with Crippen molar-refractivity contribution in [2.75, 3.05) is 19.7 Å². The van der Waals surface area contributed by atoms with Gasteiger partial charge in [0.1, 0.15) is 18.1 Å². The van der Waals surface area contributed by atoms with E-state index in [0.717, 1.165) is 30.0 Å². The number of phenols is 1. The maximum atomic E-state index is 9.86. The van der Waals surface area contributed by atoms with Gasteiger partial charge in [0.2, 0.25) is 0 Å². The molecule has 110 valence electrons. The number of hydrogen-bond acceptors (Lipinski definition) is 4. The molecule has 0 bridgehead atoms. The van der Waals surface area contributed by atoms with Gasteiger partial charge in [0, 0.05) is 11.1 Å². The highest BCUT2D eigenvalue weighted by Crippen LogP contribution is 2.41. The van der Waals surface area contributed by atoms with Gasteiger partial charge in [0.15, 0.2) is 0 Å². The SMILES string of the molecule is Cc1c(O)ccc2c1OCC(N)C2N1CCCCCC1. The van der Waals surface area contributed by atoms with Crippen LogP contribution in [0.1, 0.15) is 42.9 Å². The molecule has 0 saturated carbocycles. The molecule has 0 spiro atoms. The molecule has 2 atom stereocenters. The predicted molar refractivity (Wildman–Crippen MR) is 79.1 cm³/mol. The van der Waals surface area contributed by atoms with Crippen molar-refractivity contribution >= 4 is 0 Å². The number of rotatable bonds is 1. The lowest BCUT2D eigenvalue weighted by atomic mass is 9.93. The number of fused-ring (bicyclic) bond motifs is 1. The molecule has 0 amide bonds. The molecule has 3 rings (SSSR count). The van der Waals surface area contributed by atoms with Crippen LogP contribution in [-0.2, 0) is 0 Å². The predicted octanol–water partition coefficient (Wildman–Crippen LogP) is 2.34. The molecule has 4 heteroatoms. The Morgan fingerprint density at radius 1 is 1.20 bits per heavy atom. The molecule has 2 aliphatic rings. The summed E-state index contributed by atoms with van der Waals surface area (Å²) >= 11 is 0. The summed E-state index contributed by atoms with van der Waals surface area (Å²) in [6.45, 7) is 4.65. The summed E-state index contributed by atoms with van der Waals surface area (Å²) in [4.78, 5) is 2.51. The van der Waals surface area contributed by atoms with Crippen molar-refractivity contribution in [3.05, 3.63) is 23.3 Å². The highest BCUT2D eigenvalue weighted by Gasteiger charge is 2.34. The van der Waals surface area contributed by atoms with E-state index in [1.165, 1.54) is 25.7 Å². The quantitative estimate of drug-likeness (QED) is 0.826. The van der Waals surface area contributed by atoms with Crippen LogP contribution in [0.2, 0.25) is 0 Å². The molecule has 2 unspecified atom stereocenters. The van der Waals surface area contributed by atoms with Crippen molar-refractivity contribution in [2.45, 2.75) is 44.7 Å². The van der Waals surface area contributed by atoms with Gasteiger partial charge >= 0.3 is 0 Å². The van der Waals surface area contributed by atoms with Crippen LogP contribution in [0.3, 0.4) is 0 Å². The van der Waals surface area contributed by atoms with Gasteiger partial charge in [0.25, 0.3) is 0 Å². The number of nitrogens with two attached hydrogens (primary N) is 1. The Labute approximate surface area is 120 Å². The van der Waals surface area contributed by atoms with E-state index < -0.39 is 0 Å². The molecule has 0 aromatic heterocycles. The van der Waals surface area contributed by atoms with Crippen LogP contribution in [0, 0.1) is 6.92 Å². The van der Waals surface area contributed by atoms with Crippen molar-refractivity contribution in [1.82, 2.24) is 4.90 Å². The minimum absolute atomic E-state index is 0.00421. The summed E-state index contributed by atoms with van der Waals surface area (Å²) in [5.41, 5.74) is 8.30. The van der Waals surface area contributed by atoms with Crippen LogP contribution >= 0.6 is 0 Å². The maximum absolute atomic E-state index is 9.86. The van der Waals surface area contributed by atoms with Crippen LogP contribution in [0.15, 0.2) is 12.1 Å². The van der Waals surface area contributed by atoms with Crippen LogP contribution in [0.5, 0.6) is 11.5 Å². The van der Waals surface area contributed by atoms with Gasteiger partial charge < -0.3 is 15.6 Å². The fraction of sp³-hybridized carbons (Fsp3) is 0.625. The first kappa shape index (κ1) is 13.7. The molecule has 20 heavy (non-hydrogen) atoms. The van der Waals surface area contributed by atoms with Crippen molar-refractivity contribution in [3.63, 3.8) is 0 Å². The average molecular weight is 276 g/mol. The second-order valence-electron chi connectivity index (χ2n) is 6.00. The number of benzene rings is 1. The summed E-state index contributed by atoms with van der Waals surface area (Å²) < 4.78 is 5.79. The van der Waals surface area contributed by atoms with Gasteiger partial charge in [-0.3, -0.25) is 4.90 Å². The Morgan fingerprint density at radius 3 is 2.60 bits per heavy atom. The van der Waals surface area contributed by atoms with Crippen molar-refractivity contribution in [3.8, 4) is 11.5 Å². The van der Waals surface area contributed by atoms with Crippen molar-refractivity contribution in [1.29, 1.82) is 0 Å². The number of ether oxygens (including phenoxy) is 1. The lowest BCUT2D eigenvalue weighted by Gasteiger charge is -2.39. The van der Waals surface area contributed by atoms with E-state index in [-0.39, 0.29) is 12.1 Å². The molecule has 4 nitrogen and oxygen atoms in total. The van der Waals surface area contributed by atoms with Gasteiger partial charge in [0.05, 0.1) is 12.1 Å². The van der Waals surface area contributed by atoms with Crippen LogP contribution < -0.4 is 10.5 Å². The van der Waals surface area contributed by atoms with Gasteiger partial charge in [-0.25, -0.2) is 0 Å². The number of phenolic OH excluding ortho intramolecular Hbond substituents is 1. The van der Waals surface area contributed by atoms with Crippen LogP contribution in [0.25, 0.3) is 0 Å². The van der Waals surface area contributed by atoms with E-state index in [1.54, 1.807) is 6.07 Å². The molecule has 1 fully saturated rings. The van der Waals surface area contributed by atoms with Gasteiger partial charge in [-0.15, -0.1) is 0 Å². The smallest absolute Gasteiger partial charge is 0.130 e. The number of nitrogens with zero attached hydrogens (tertiary/aromatic N) is 1. The van der Waals surface area contributed by atoms with Gasteiger partial charge in [-0.05, 0) is 45.0 Å². The summed E-state index contributed by atoms with van der Waals surface area (Å²) in [7, 11) is 0. The zero-order valence-electron chi connectivity index (χ0n) is 12.1. The number of likely N-dealkylation sites (tertiary alicyclic amines) is 1. The Bertz CT molecular complexity index is 482. The molecule has 1 aromatic rings. The normalized spacial score (nSPS) is 27.5. The van der Waals surface area contributed by atoms with Crippen molar-refractivity contribution in [2.24, 2.45) is 5.73 Å². The zero-order valence-corrected chi connectivity index (χ0v) is 12.1. The van der Waals surface area contributed by atoms with E-state index in [0.29, 0.717) is 12.4 Å². The average Bonchev–Trinajstić information content (AvgIpc) is 2.72.